The topological polar surface area (TPSA) is 110 Å². The predicted molar refractivity (Wildman–Crippen MR) is 77.4 cm³/mol. The summed E-state index contributed by atoms with van der Waals surface area (Å²) in [5, 5.41) is 16.2. The lowest BCUT2D eigenvalue weighted by atomic mass is 10.2. The van der Waals surface area contributed by atoms with Crippen molar-refractivity contribution in [3.8, 4) is 0 Å². The van der Waals surface area contributed by atoms with E-state index in [-0.39, 0.29) is 11.4 Å². The van der Waals surface area contributed by atoms with Gasteiger partial charge in [0.15, 0.2) is 0 Å². The van der Waals surface area contributed by atoms with Crippen molar-refractivity contribution in [2.75, 3.05) is 17.7 Å². The van der Waals surface area contributed by atoms with Gasteiger partial charge in [-0.3, -0.25) is 14.9 Å². The van der Waals surface area contributed by atoms with Crippen LogP contribution >= 0.6 is 0 Å². The molecule has 8 heteroatoms. The van der Waals surface area contributed by atoms with Crippen molar-refractivity contribution in [1.82, 2.24) is 9.97 Å². The predicted octanol–water partition coefficient (Wildman–Crippen LogP) is 1.99. The molecule has 2 rings (SSSR count). The lowest BCUT2D eigenvalue weighted by Crippen LogP contribution is -2.14. The van der Waals surface area contributed by atoms with Crippen molar-refractivity contribution in [1.29, 1.82) is 0 Å². The molecule has 0 radical (unpaired) electrons. The van der Waals surface area contributed by atoms with Gasteiger partial charge < -0.3 is 10.6 Å². The van der Waals surface area contributed by atoms with Crippen LogP contribution in [-0.4, -0.2) is 27.8 Å². The number of aryl methyl sites for hydroxylation is 1. The number of hydrogen-bond donors (Lipinski definition) is 2. The number of hydrogen-bond acceptors (Lipinski definition) is 6. The summed E-state index contributed by atoms with van der Waals surface area (Å²) in [5.74, 6) is 0.0563. The Kier molecular flexibility index (Phi) is 4.07. The summed E-state index contributed by atoms with van der Waals surface area (Å²) in [6.45, 7) is 1.63. The Morgan fingerprint density at radius 1 is 1.29 bits per heavy atom. The first-order valence-electron chi connectivity index (χ1n) is 6.07. The van der Waals surface area contributed by atoms with Crippen molar-refractivity contribution < 1.29 is 9.72 Å². The third-order valence-electron chi connectivity index (χ3n) is 2.80. The van der Waals surface area contributed by atoms with E-state index in [2.05, 4.69) is 20.6 Å². The molecule has 1 aromatic heterocycles. The summed E-state index contributed by atoms with van der Waals surface area (Å²) < 4.78 is 0. The molecule has 0 aliphatic heterocycles. The molecular formula is C13H13N5O3. The van der Waals surface area contributed by atoms with E-state index in [9.17, 15) is 14.9 Å². The Morgan fingerprint density at radius 2 is 2.05 bits per heavy atom. The van der Waals surface area contributed by atoms with Gasteiger partial charge in [0.05, 0.1) is 17.3 Å². The van der Waals surface area contributed by atoms with Crippen LogP contribution in [0.1, 0.15) is 16.1 Å². The van der Waals surface area contributed by atoms with Crippen LogP contribution in [0.5, 0.6) is 0 Å². The first kappa shape index (κ1) is 14.4. The van der Waals surface area contributed by atoms with Gasteiger partial charge in [-0.15, -0.1) is 0 Å². The monoisotopic (exact) mass is 287 g/mol. The molecule has 2 aromatic rings. The highest BCUT2D eigenvalue weighted by atomic mass is 16.6. The van der Waals surface area contributed by atoms with Gasteiger partial charge in [-0.05, 0) is 13.0 Å². The lowest BCUT2D eigenvalue weighted by Gasteiger charge is -2.06. The second kappa shape index (κ2) is 5.95. The molecule has 21 heavy (non-hydrogen) atoms. The van der Waals surface area contributed by atoms with Crippen LogP contribution < -0.4 is 10.6 Å². The van der Waals surface area contributed by atoms with Crippen molar-refractivity contribution in [2.45, 2.75) is 6.92 Å². The van der Waals surface area contributed by atoms with Crippen LogP contribution in [0.15, 0.2) is 30.6 Å². The summed E-state index contributed by atoms with van der Waals surface area (Å²) in [6, 6.07) is 4.47. The maximum Gasteiger partial charge on any atom is 0.275 e. The third kappa shape index (κ3) is 3.30. The summed E-state index contributed by atoms with van der Waals surface area (Å²) in [7, 11) is 1.69. The summed E-state index contributed by atoms with van der Waals surface area (Å²) in [6.07, 6.45) is 2.75. The van der Waals surface area contributed by atoms with E-state index >= 15 is 0 Å². The Morgan fingerprint density at radius 3 is 2.62 bits per heavy atom. The van der Waals surface area contributed by atoms with E-state index in [1.54, 1.807) is 26.1 Å². The largest absolute Gasteiger partial charge is 0.372 e. The highest BCUT2D eigenvalue weighted by molar-refractivity contribution is 6.02. The van der Waals surface area contributed by atoms with Gasteiger partial charge in [-0.25, -0.2) is 9.97 Å². The van der Waals surface area contributed by atoms with Gasteiger partial charge in [0.1, 0.15) is 11.5 Å². The smallest absolute Gasteiger partial charge is 0.275 e. The number of carbonyl (C=O) groups excluding carboxylic acids is 1. The third-order valence-corrected chi connectivity index (χ3v) is 2.80. The summed E-state index contributed by atoms with van der Waals surface area (Å²) in [4.78, 5) is 30.3. The fraction of sp³-hybridized carbons (Fsp3) is 0.154. The zero-order chi connectivity index (χ0) is 15.4. The van der Waals surface area contributed by atoms with Crippen LogP contribution in [0.2, 0.25) is 0 Å². The van der Waals surface area contributed by atoms with E-state index in [0.29, 0.717) is 17.1 Å². The average molecular weight is 287 g/mol. The maximum absolute atomic E-state index is 12.0. The fourth-order valence-corrected chi connectivity index (χ4v) is 1.65. The van der Waals surface area contributed by atoms with Crippen LogP contribution in [-0.2, 0) is 0 Å². The Balaban J connectivity index is 2.19. The zero-order valence-electron chi connectivity index (χ0n) is 11.5. The number of nitro benzene ring substituents is 1. The average Bonchev–Trinajstić information content (AvgIpc) is 2.49. The Bertz CT molecular complexity index is 685. The van der Waals surface area contributed by atoms with E-state index in [1.165, 1.54) is 18.5 Å². The van der Waals surface area contributed by atoms with E-state index in [0.717, 1.165) is 0 Å². The first-order chi connectivity index (χ1) is 10.0. The minimum atomic E-state index is -0.494. The number of carbonyl (C=O) groups is 1. The number of nitro groups is 1. The molecule has 0 bridgehead atoms. The SMILES string of the molecule is CNc1cnc(C(=O)Nc2ccc(C)c([N+](=O)[O-])c2)cn1. The molecule has 0 aliphatic carbocycles. The van der Waals surface area contributed by atoms with Gasteiger partial charge >= 0.3 is 0 Å². The van der Waals surface area contributed by atoms with Crippen LogP contribution in [0.3, 0.4) is 0 Å². The number of aromatic nitrogens is 2. The molecule has 1 heterocycles. The van der Waals surface area contributed by atoms with Crippen LogP contribution in [0.25, 0.3) is 0 Å². The van der Waals surface area contributed by atoms with E-state index < -0.39 is 10.8 Å². The molecule has 2 N–H and O–H groups in total. The molecule has 108 valence electrons. The fourth-order valence-electron chi connectivity index (χ4n) is 1.65. The summed E-state index contributed by atoms with van der Waals surface area (Å²) in [5.41, 5.74) is 0.926. The normalized spacial score (nSPS) is 10.0. The molecule has 0 spiro atoms. The molecule has 1 aromatic carbocycles. The minimum Gasteiger partial charge on any atom is -0.372 e. The van der Waals surface area contributed by atoms with Crippen molar-refractivity contribution in [3.63, 3.8) is 0 Å². The lowest BCUT2D eigenvalue weighted by molar-refractivity contribution is -0.385. The maximum atomic E-state index is 12.0. The molecule has 0 fully saturated rings. The van der Waals surface area contributed by atoms with Crippen molar-refractivity contribution in [3.05, 3.63) is 52.0 Å². The molecule has 0 saturated carbocycles. The van der Waals surface area contributed by atoms with Gasteiger partial charge in [0, 0.05) is 24.4 Å². The number of nitrogens with one attached hydrogen (secondary N) is 2. The highest BCUT2D eigenvalue weighted by Gasteiger charge is 2.14. The number of anilines is 2. The molecule has 1 amide bonds. The van der Waals surface area contributed by atoms with Gasteiger partial charge in [0.25, 0.3) is 11.6 Å². The van der Waals surface area contributed by atoms with Gasteiger partial charge in [0.2, 0.25) is 0 Å². The minimum absolute atomic E-state index is 0.0515. The molecule has 0 unspecified atom stereocenters. The second-order valence-corrected chi connectivity index (χ2v) is 4.25. The number of amides is 1. The molecule has 0 saturated heterocycles. The zero-order valence-corrected chi connectivity index (χ0v) is 11.5. The number of nitrogens with zero attached hydrogens (tertiary/aromatic N) is 3. The van der Waals surface area contributed by atoms with E-state index in [1.807, 2.05) is 0 Å². The number of benzene rings is 1. The Labute approximate surface area is 120 Å². The quantitative estimate of drug-likeness (QED) is 0.657. The van der Waals surface area contributed by atoms with Crippen LogP contribution in [0.4, 0.5) is 17.2 Å². The van der Waals surface area contributed by atoms with Crippen molar-refractivity contribution >= 4 is 23.1 Å². The molecular weight excluding hydrogens is 274 g/mol. The molecule has 8 nitrogen and oxygen atoms in total. The summed E-state index contributed by atoms with van der Waals surface area (Å²) >= 11 is 0. The second-order valence-electron chi connectivity index (χ2n) is 4.25. The molecule has 0 aliphatic rings. The van der Waals surface area contributed by atoms with Crippen molar-refractivity contribution in [2.24, 2.45) is 0 Å². The molecule has 0 atom stereocenters. The first-order valence-corrected chi connectivity index (χ1v) is 6.07. The Hall–Kier alpha value is -3.03. The van der Waals surface area contributed by atoms with E-state index in [4.69, 9.17) is 0 Å². The standard InChI is InChI=1S/C13H13N5O3/c1-8-3-4-9(5-11(8)18(20)21)17-13(19)10-6-16-12(14-2)7-15-10/h3-7H,1-2H3,(H,14,16)(H,17,19). The van der Waals surface area contributed by atoms with Gasteiger partial charge in [-0.2, -0.15) is 0 Å². The van der Waals surface area contributed by atoms with Gasteiger partial charge in [-0.1, -0.05) is 6.07 Å². The van der Waals surface area contributed by atoms with Crippen LogP contribution in [0, 0.1) is 17.0 Å². The highest BCUT2D eigenvalue weighted by Crippen LogP contribution is 2.22. The number of rotatable bonds is 4.